The van der Waals surface area contributed by atoms with E-state index in [4.69, 9.17) is 5.73 Å². The van der Waals surface area contributed by atoms with Crippen LogP contribution in [0.15, 0.2) is 21.0 Å². The second-order valence-electron chi connectivity index (χ2n) is 6.97. The van der Waals surface area contributed by atoms with E-state index < -0.39 is 23.3 Å². The fourth-order valence-corrected chi connectivity index (χ4v) is 4.55. The Morgan fingerprint density at radius 1 is 1.40 bits per heavy atom. The zero-order valence-electron chi connectivity index (χ0n) is 14.1. The Labute approximate surface area is 147 Å². The summed E-state index contributed by atoms with van der Waals surface area (Å²) in [5.74, 6) is -0.498. The highest BCUT2D eigenvalue weighted by Gasteiger charge is 2.32. The Kier molecular flexibility index (Phi) is 3.81. The minimum absolute atomic E-state index is 0.0976. The van der Waals surface area contributed by atoms with E-state index in [1.54, 1.807) is 4.57 Å². The topological polar surface area (TPSA) is 80.9 Å². The molecule has 0 radical (unpaired) electrons. The number of halogens is 1. The van der Waals surface area contributed by atoms with E-state index in [2.05, 4.69) is 4.98 Å². The van der Waals surface area contributed by atoms with E-state index in [1.165, 1.54) is 17.4 Å². The summed E-state index contributed by atoms with van der Waals surface area (Å²) in [6, 6.07) is 1.92. The van der Waals surface area contributed by atoms with E-state index in [0.717, 1.165) is 28.9 Å². The largest absolute Gasteiger partial charge is 0.329 e. The SMILES string of the molecule is CC1=c2c(c(=O)[nH]c(=O)n2C2CC2)=CC(F)C1c1csc(C(C)N)c1. The maximum absolute atomic E-state index is 15.0. The molecule has 7 heteroatoms. The van der Waals surface area contributed by atoms with Crippen molar-refractivity contribution in [2.24, 2.45) is 5.73 Å². The molecule has 1 saturated carbocycles. The standard InChI is InChI=1S/C18H20FN3O2S/c1-8-15(10-5-14(9(2)20)25-7-10)13(19)6-12-16(8)22(11-3-4-11)18(24)21-17(12)23/h5-7,9,11,13,15H,3-4,20H2,1-2H3,(H,21,23,24). The summed E-state index contributed by atoms with van der Waals surface area (Å²) in [4.78, 5) is 27.9. The molecular weight excluding hydrogens is 341 g/mol. The van der Waals surface area contributed by atoms with Gasteiger partial charge in [0.1, 0.15) is 6.17 Å². The van der Waals surface area contributed by atoms with Crippen molar-refractivity contribution in [2.75, 3.05) is 0 Å². The lowest BCUT2D eigenvalue weighted by Crippen LogP contribution is -2.57. The summed E-state index contributed by atoms with van der Waals surface area (Å²) < 4.78 is 16.6. The first-order valence-corrected chi connectivity index (χ1v) is 9.32. The van der Waals surface area contributed by atoms with Gasteiger partial charge in [0.25, 0.3) is 5.56 Å². The van der Waals surface area contributed by atoms with Crippen LogP contribution >= 0.6 is 11.3 Å². The van der Waals surface area contributed by atoms with Crippen LogP contribution in [0.25, 0.3) is 11.6 Å². The molecule has 5 nitrogen and oxygen atoms in total. The molecule has 132 valence electrons. The Morgan fingerprint density at radius 3 is 2.72 bits per heavy atom. The van der Waals surface area contributed by atoms with Crippen molar-refractivity contribution in [1.82, 2.24) is 9.55 Å². The predicted octanol–water partition coefficient (Wildman–Crippen LogP) is 1.04. The van der Waals surface area contributed by atoms with Gasteiger partial charge >= 0.3 is 5.69 Å². The first kappa shape index (κ1) is 16.5. The number of H-pyrrole nitrogens is 1. The molecule has 0 aliphatic heterocycles. The predicted molar refractivity (Wildman–Crippen MR) is 96.9 cm³/mol. The number of rotatable bonds is 3. The third kappa shape index (κ3) is 2.62. The van der Waals surface area contributed by atoms with Gasteiger partial charge in [-0.15, -0.1) is 11.3 Å². The number of nitrogens with two attached hydrogens (primary N) is 1. The van der Waals surface area contributed by atoms with Crippen LogP contribution in [0, 0.1) is 0 Å². The highest BCUT2D eigenvalue weighted by atomic mass is 32.1. The minimum Gasteiger partial charge on any atom is -0.324 e. The summed E-state index contributed by atoms with van der Waals surface area (Å²) in [5.41, 5.74) is 6.58. The fraction of sp³-hybridized carbons (Fsp3) is 0.444. The average molecular weight is 361 g/mol. The van der Waals surface area contributed by atoms with Gasteiger partial charge in [-0.1, -0.05) is 0 Å². The monoisotopic (exact) mass is 361 g/mol. The van der Waals surface area contributed by atoms with Crippen LogP contribution in [0.3, 0.4) is 0 Å². The number of aromatic nitrogens is 2. The first-order chi connectivity index (χ1) is 11.9. The van der Waals surface area contributed by atoms with Gasteiger partial charge in [-0.2, -0.15) is 0 Å². The lowest BCUT2D eigenvalue weighted by atomic mass is 9.85. The number of fused-ring (bicyclic) bond motifs is 1. The van der Waals surface area contributed by atoms with Crippen LogP contribution in [-0.4, -0.2) is 15.7 Å². The van der Waals surface area contributed by atoms with E-state index in [0.29, 0.717) is 5.35 Å². The third-order valence-corrected chi connectivity index (χ3v) is 6.18. The van der Waals surface area contributed by atoms with Crippen LogP contribution < -0.4 is 27.6 Å². The molecule has 2 aliphatic carbocycles. The van der Waals surface area contributed by atoms with Crippen LogP contribution in [0.2, 0.25) is 0 Å². The second kappa shape index (κ2) is 5.78. The number of nitrogens with zero attached hydrogens (tertiary/aromatic N) is 1. The Bertz CT molecular complexity index is 1070. The van der Waals surface area contributed by atoms with Crippen LogP contribution in [-0.2, 0) is 0 Å². The maximum atomic E-state index is 15.0. The van der Waals surface area contributed by atoms with Crippen LogP contribution in [0.1, 0.15) is 55.1 Å². The van der Waals surface area contributed by atoms with Gasteiger partial charge in [-0.25, -0.2) is 9.18 Å². The van der Waals surface area contributed by atoms with Gasteiger partial charge in [0.05, 0.1) is 10.6 Å². The van der Waals surface area contributed by atoms with E-state index in [1.807, 2.05) is 25.3 Å². The van der Waals surface area contributed by atoms with Gasteiger partial charge in [0.2, 0.25) is 0 Å². The lowest BCUT2D eigenvalue weighted by Gasteiger charge is -2.24. The van der Waals surface area contributed by atoms with Gasteiger partial charge in [0.15, 0.2) is 0 Å². The van der Waals surface area contributed by atoms with E-state index >= 15 is 0 Å². The quantitative estimate of drug-likeness (QED) is 0.857. The molecule has 3 N–H and O–H groups in total. The normalized spacial score (nSPS) is 23.9. The summed E-state index contributed by atoms with van der Waals surface area (Å²) in [6.07, 6.45) is 1.85. The van der Waals surface area contributed by atoms with Gasteiger partial charge in [-0.05, 0) is 55.3 Å². The van der Waals surface area contributed by atoms with Crippen molar-refractivity contribution in [3.63, 3.8) is 0 Å². The molecule has 2 aromatic rings. The van der Waals surface area contributed by atoms with Crippen molar-refractivity contribution >= 4 is 23.0 Å². The molecule has 2 aliphatic rings. The van der Waals surface area contributed by atoms with Crippen molar-refractivity contribution in [1.29, 1.82) is 0 Å². The maximum Gasteiger partial charge on any atom is 0.329 e. The number of hydrogen-bond donors (Lipinski definition) is 2. The number of hydrogen-bond acceptors (Lipinski definition) is 4. The van der Waals surface area contributed by atoms with Gasteiger partial charge in [-0.3, -0.25) is 14.3 Å². The zero-order valence-corrected chi connectivity index (χ0v) is 14.9. The molecule has 0 amide bonds. The summed E-state index contributed by atoms with van der Waals surface area (Å²) in [7, 11) is 0. The van der Waals surface area contributed by atoms with Crippen molar-refractivity contribution in [2.45, 2.75) is 50.9 Å². The molecular formula is C18H20FN3O2S. The van der Waals surface area contributed by atoms with E-state index in [-0.39, 0.29) is 17.3 Å². The van der Waals surface area contributed by atoms with Gasteiger partial charge in [0, 0.05) is 22.9 Å². The molecule has 2 heterocycles. The molecule has 0 spiro atoms. The molecule has 0 bridgehead atoms. The highest BCUT2D eigenvalue weighted by molar-refractivity contribution is 7.10. The lowest BCUT2D eigenvalue weighted by molar-refractivity contribution is 0.389. The third-order valence-electron chi connectivity index (χ3n) is 5.02. The molecule has 3 unspecified atom stereocenters. The molecule has 4 rings (SSSR count). The Balaban J connectivity index is 2.00. The molecule has 2 aromatic heterocycles. The highest BCUT2D eigenvalue weighted by Crippen LogP contribution is 2.37. The number of aromatic amines is 1. The number of nitrogens with one attached hydrogen (secondary N) is 1. The fourth-order valence-electron chi connectivity index (χ4n) is 3.65. The molecule has 0 saturated heterocycles. The van der Waals surface area contributed by atoms with Crippen LogP contribution in [0.5, 0.6) is 0 Å². The van der Waals surface area contributed by atoms with Crippen LogP contribution in [0.4, 0.5) is 4.39 Å². The number of thiophene rings is 1. The zero-order chi connectivity index (χ0) is 17.9. The first-order valence-electron chi connectivity index (χ1n) is 8.44. The smallest absolute Gasteiger partial charge is 0.324 e. The Hall–Kier alpha value is -1.99. The minimum atomic E-state index is -1.31. The molecule has 25 heavy (non-hydrogen) atoms. The average Bonchev–Trinajstić information content (AvgIpc) is 3.25. The summed E-state index contributed by atoms with van der Waals surface area (Å²) >= 11 is 1.51. The van der Waals surface area contributed by atoms with Crippen molar-refractivity contribution in [3.8, 4) is 0 Å². The molecule has 1 fully saturated rings. The summed E-state index contributed by atoms with van der Waals surface area (Å²) in [6.45, 7) is 3.72. The molecule has 3 atom stereocenters. The summed E-state index contributed by atoms with van der Waals surface area (Å²) in [5, 5.41) is 2.78. The Morgan fingerprint density at radius 2 is 2.12 bits per heavy atom. The van der Waals surface area contributed by atoms with Gasteiger partial charge < -0.3 is 5.73 Å². The van der Waals surface area contributed by atoms with Crippen molar-refractivity contribution in [3.05, 3.63) is 53.3 Å². The van der Waals surface area contributed by atoms with E-state index in [9.17, 15) is 14.0 Å². The molecule has 0 aromatic carbocycles. The number of alkyl halides is 1. The second-order valence-corrected chi connectivity index (χ2v) is 7.91. The van der Waals surface area contributed by atoms with Crippen molar-refractivity contribution < 1.29 is 4.39 Å².